The maximum atomic E-state index is 12.9. The number of anilines is 3. The third-order valence-electron chi connectivity index (χ3n) is 5.45. The Morgan fingerprint density at radius 2 is 1.40 bits per heavy atom. The van der Waals surface area contributed by atoms with E-state index in [1.54, 1.807) is 30.3 Å². The van der Waals surface area contributed by atoms with E-state index < -0.39 is 32.0 Å². The van der Waals surface area contributed by atoms with Crippen LogP contribution in [0.3, 0.4) is 0 Å². The number of hydrogen-bond donors (Lipinski definition) is 2. The zero-order valence-electron chi connectivity index (χ0n) is 20.2. The van der Waals surface area contributed by atoms with Gasteiger partial charge in [0.05, 0.1) is 22.5 Å². The van der Waals surface area contributed by atoms with Gasteiger partial charge in [-0.1, -0.05) is 29.8 Å². The molecule has 1 amide bonds. The molecule has 0 radical (unpaired) electrons. The Hall–Kier alpha value is -3.37. The highest BCUT2D eigenvalue weighted by Gasteiger charge is 2.29. The molecule has 0 aromatic heterocycles. The van der Waals surface area contributed by atoms with Gasteiger partial charge >= 0.3 is 0 Å². The van der Waals surface area contributed by atoms with Crippen LogP contribution in [0.5, 0.6) is 0 Å². The Balaban J connectivity index is 1.77. The van der Waals surface area contributed by atoms with Crippen LogP contribution in [0.15, 0.2) is 71.6 Å². The normalized spacial score (nSPS) is 12.6. The molecule has 0 saturated heterocycles. The molecule has 0 fully saturated rings. The molecule has 3 rings (SSSR count). The summed E-state index contributed by atoms with van der Waals surface area (Å²) in [5.41, 5.74) is 3.88. The maximum Gasteiger partial charge on any atom is 0.261 e. The monoisotopic (exact) mass is 515 g/mol. The lowest BCUT2D eigenvalue weighted by molar-refractivity contribution is -0.116. The molecule has 3 aromatic carbocycles. The SMILES string of the molecule is Cc1ccc(N([C@@H](C)C(=O)Nc2ccc(S(=O)(=O)Nc3cc(C)ccc3C)cc2)S(C)(=O)=O)cc1. The van der Waals surface area contributed by atoms with Crippen molar-refractivity contribution in [2.45, 2.75) is 38.6 Å². The second-order valence-electron chi connectivity index (χ2n) is 8.51. The highest BCUT2D eigenvalue weighted by molar-refractivity contribution is 7.92. The number of hydrogen-bond acceptors (Lipinski definition) is 5. The van der Waals surface area contributed by atoms with Crippen LogP contribution in [0.4, 0.5) is 17.1 Å². The van der Waals surface area contributed by atoms with Crippen molar-refractivity contribution in [3.63, 3.8) is 0 Å². The predicted molar refractivity (Wildman–Crippen MR) is 140 cm³/mol. The van der Waals surface area contributed by atoms with E-state index in [0.29, 0.717) is 17.1 Å². The molecular formula is C25H29N3O5S2. The highest BCUT2D eigenvalue weighted by Crippen LogP contribution is 2.24. The van der Waals surface area contributed by atoms with Crippen molar-refractivity contribution in [1.29, 1.82) is 0 Å². The lowest BCUT2D eigenvalue weighted by atomic mass is 10.1. The number of benzene rings is 3. The van der Waals surface area contributed by atoms with E-state index in [1.165, 1.54) is 31.2 Å². The fourth-order valence-corrected chi connectivity index (χ4v) is 5.81. The van der Waals surface area contributed by atoms with Gasteiger partial charge in [-0.25, -0.2) is 16.8 Å². The summed E-state index contributed by atoms with van der Waals surface area (Å²) in [6.45, 7) is 7.06. The van der Waals surface area contributed by atoms with Gasteiger partial charge in [0.15, 0.2) is 0 Å². The van der Waals surface area contributed by atoms with Crippen LogP contribution in [-0.2, 0) is 24.8 Å². The summed E-state index contributed by atoms with van der Waals surface area (Å²) < 4.78 is 54.1. The van der Waals surface area contributed by atoms with Gasteiger partial charge in [-0.2, -0.15) is 0 Å². The van der Waals surface area contributed by atoms with E-state index in [2.05, 4.69) is 10.0 Å². The first-order valence-electron chi connectivity index (χ1n) is 10.8. The van der Waals surface area contributed by atoms with Crippen molar-refractivity contribution in [2.24, 2.45) is 0 Å². The maximum absolute atomic E-state index is 12.9. The van der Waals surface area contributed by atoms with E-state index in [4.69, 9.17) is 0 Å². The molecule has 0 aliphatic rings. The van der Waals surface area contributed by atoms with Crippen LogP contribution in [-0.4, -0.2) is 35.0 Å². The molecule has 8 nitrogen and oxygen atoms in total. The van der Waals surface area contributed by atoms with Gasteiger partial charge in [0, 0.05) is 5.69 Å². The Kier molecular flexibility index (Phi) is 7.56. The molecule has 3 aromatic rings. The van der Waals surface area contributed by atoms with E-state index in [0.717, 1.165) is 27.3 Å². The fraction of sp³-hybridized carbons (Fsp3) is 0.240. The summed E-state index contributed by atoms with van der Waals surface area (Å²) in [5, 5.41) is 2.66. The molecule has 186 valence electrons. The number of rotatable bonds is 8. The first-order chi connectivity index (χ1) is 16.3. The van der Waals surface area contributed by atoms with E-state index in [1.807, 2.05) is 32.9 Å². The van der Waals surface area contributed by atoms with Crippen LogP contribution in [0.1, 0.15) is 23.6 Å². The average molecular weight is 516 g/mol. The molecule has 0 spiro atoms. The van der Waals surface area contributed by atoms with Crippen LogP contribution >= 0.6 is 0 Å². The van der Waals surface area contributed by atoms with Crippen molar-refractivity contribution in [3.8, 4) is 0 Å². The van der Waals surface area contributed by atoms with E-state index in [9.17, 15) is 21.6 Å². The second kappa shape index (κ2) is 10.1. The van der Waals surface area contributed by atoms with Gasteiger partial charge in [0.25, 0.3) is 10.0 Å². The number of nitrogens with zero attached hydrogens (tertiary/aromatic N) is 1. The second-order valence-corrected chi connectivity index (χ2v) is 12.0. The quantitative estimate of drug-likeness (QED) is 0.467. The van der Waals surface area contributed by atoms with Crippen LogP contribution < -0.4 is 14.3 Å². The Morgan fingerprint density at radius 3 is 1.97 bits per heavy atom. The summed E-state index contributed by atoms with van der Waals surface area (Å²) in [4.78, 5) is 12.9. The smallest absolute Gasteiger partial charge is 0.261 e. The van der Waals surface area contributed by atoms with Crippen LogP contribution in [0, 0.1) is 20.8 Å². The molecule has 0 saturated carbocycles. The Labute approximate surface area is 207 Å². The molecule has 0 heterocycles. The molecule has 10 heteroatoms. The van der Waals surface area contributed by atoms with Crippen molar-refractivity contribution < 1.29 is 21.6 Å². The molecule has 35 heavy (non-hydrogen) atoms. The number of nitrogens with one attached hydrogen (secondary N) is 2. The average Bonchev–Trinajstić information content (AvgIpc) is 2.77. The van der Waals surface area contributed by atoms with Crippen LogP contribution in [0.25, 0.3) is 0 Å². The van der Waals surface area contributed by atoms with Crippen LogP contribution in [0.2, 0.25) is 0 Å². The van der Waals surface area contributed by atoms with Crippen molar-refractivity contribution in [1.82, 2.24) is 0 Å². The number of carbonyl (C=O) groups excluding carboxylic acids is 1. The Morgan fingerprint density at radius 1 is 0.829 bits per heavy atom. The first-order valence-corrected chi connectivity index (χ1v) is 14.2. The van der Waals surface area contributed by atoms with Gasteiger partial charge in [0.1, 0.15) is 6.04 Å². The van der Waals surface area contributed by atoms with Crippen molar-refractivity contribution in [3.05, 3.63) is 83.4 Å². The summed E-state index contributed by atoms with van der Waals surface area (Å²) >= 11 is 0. The van der Waals surface area contributed by atoms with Gasteiger partial charge < -0.3 is 5.32 Å². The molecule has 0 bridgehead atoms. The predicted octanol–water partition coefficient (Wildman–Crippen LogP) is 4.21. The molecule has 2 N–H and O–H groups in total. The van der Waals surface area contributed by atoms with Gasteiger partial charge in [-0.05, 0) is 81.3 Å². The molecule has 0 unspecified atom stereocenters. The third-order valence-corrected chi connectivity index (χ3v) is 8.07. The summed E-state index contributed by atoms with van der Waals surface area (Å²) in [6.07, 6.45) is 1.04. The minimum atomic E-state index is -3.84. The fourth-order valence-electron chi connectivity index (χ4n) is 3.51. The number of sulfonamides is 2. The van der Waals surface area contributed by atoms with Gasteiger partial charge in [-0.15, -0.1) is 0 Å². The highest BCUT2D eigenvalue weighted by atomic mass is 32.2. The molecule has 0 aliphatic heterocycles. The topological polar surface area (TPSA) is 113 Å². The molecular weight excluding hydrogens is 486 g/mol. The summed E-state index contributed by atoms with van der Waals surface area (Å²) in [7, 11) is -7.58. The number of amides is 1. The molecule has 0 aliphatic carbocycles. The zero-order chi connectivity index (χ0) is 26.0. The van der Waals surface area contributed by atoms with Crippen molar-refractivity contribution in [2.75, 3.05) is 20.6 Å². The first kappa shape index (κ1) is 26.2. The number of aryl methyl sites for hydroxylation is 3. The lowest BCUT2D eigenvalue weighted by Crippen LogP contribution is -2.45. The Bertz CT molecular complexity index is 1430. The van der Waals surface area contributed by atoms with Gasteiger partial charge in [-0.3, -0.25) is 13.8 Å². The minimum absolute atomic E-state index is 0.0295. The minimum Gasteiger partial charge on any atom is -0.324 e. The van der Waals surface area contributed by atoms with E-state index in [-0.39, 0.29) is 4.90 Å². The third kappa shape index (κ3) is 6.40. The standard InChI is InChI=1S/C25H29N3O5S2/c1-17-7-12-22(13-8-17)28(34(5,30)31)20(4)25(29)26-21-10-14-23(15-11-21)35(32,33)27-24-16-18(2)6-9-19(24)3/h6-16,20,27H,1-5H3,(H,26,29)/t20-/m0/s1. The van der Waals surface area contributed by atoms with Crippen molar-refractivity contribution >= 4 is 43.0 Å². The summed E-state index contributed by atoms with van der Waals surface area (Å²) in [6, 6.07) is 16.9. The zero-order valence-corrected chi connectivity index (χ0v) is 21.9. The van der Waals surface area contributed by atoms with E-state index >= 15 is 0 Å². The number of carbonyl (C=O) groups is 1. The lowest BCUT2D eigenvalue weighted by Gasteiger charge is -2.28. The summed E-state index contributed by atoms with van der Waals surface area (Å²) in [5.74, 6) is -0.555. The largest absolute Gasteiger partial charge is 0.324 e. The van der Waals surface area contributed by atoms with Gasteiger partial charge in [0.2, 0.25) is 15.9 Å². The molecule has 1 atom stereocenters.